The van der Waals surface area contributed by atoms with Crippen LogP contribution in [0.3, 0.4) is 0 Å². The van der Waals surface area contributed by atoms with E-state index in [1.165, 1.54) is 25.7 Å². The minimum Gasteiger partial charge on any atom is -0.103 e. The van der Waals surface area contributed by atoms with Crippen molar-refractivity contribution in [3.8, 4) is 0 Å². The van der Waals surface area contributed by atoms with Crippen LogP contribution in [0.4, 0.5) is 0 Å². The maximum Gasteiger partial charge on any atom is -0.0322 e. The second-order valence-corrected chi connectivity index (χ2v) is 4.50. The molecule has 0 aliphatic heterocycles. The Morgan fingerprint density at radius 2 is 2.18 bits per heavy atom. The van der Waals surface area contributed by atoms with Gasteiger partial charge >= 0.3 is 0 Å². The molecular formula is C11H18. The van der Waals surface area contributed by atoms with Crippen molar-refractivity contribution in [1.82, 2.24) is 0 Å². The van der Waals surface area contributed by atoms with Crippen molar-refractivity contribution < 1.29 is 0 Å². The fourth-order valence-corrected chi connectivity index (χ4v) is 3.35. The molecule has 0 radical (unpaired) electrons. The predicted octanol–water partition coefficient (Wildman–Crippen LogP) is 3.24. The second kappa shape index (κ2) is 2.66. The van der Waals surface area contributed by atoms with E-state index in [-0.39, 0.29) is 0 Å². The third-order valence-corrected chi connectivity index (χ3v) is 3.75. The molecule has 0 heterocycles. The molecule has 0 N–H and O–H groups in total. The fourth-order valence-electron chi connectivity index (χ4n) is 3.35. The Labute approximate surface area is 69.7 Å². The molecule has 2 aliphatic carbocycles. The van der Waals surface area contributed by atoms with Crippen LogP contribution in [-0.2, 0) is 0 Å². The summed E-state index contributed by atoms with van der Waals surface area (Å²) in [6, 6.07) is 0. The molecule has 0 nitrogen and oxygen atoms in total. The maximum absolute atomic E-state index is 3.83. The lowest BCUT2D eigenvalue weighted by molar-refractivity contribution is 0.256. The summed E-state index contributed by atoms with van der Waals surface area (Å²) < 4.78 is 0. The molecule has 2 fully saturated rings. The quantitative estimate of drug-likeness (QED) is 0.530. The second-order valence-electron chi connectivity index (χ2n) is 4.50. The number of hydrogen-bond donors (Lipinski definition) is 0. The van der Waals surface area contributed by atoms with Gasteiger partial charge in [0.05, 0.1) is 0 Å². The van der Waals surface area contributed by atoms with Crippen LogP contribution in [0.1, 0.15) is 32.6 Å². The first kappa shape index (κ1) is 7.39. The van der Waals surface area contributed by atoms with Crippen molar-refractivity contribution in [1.29, 1.82) is 0 Å². The molecule has 0 aromatic carbocycles. The Hall–Kier alpha value is -0.260. The molecule has 2 rings (SSSR count). The van der Waals surface area contributed by atoms with Gasteiger partial charge in [0.2, 0.25) is 0 Å². The van der Waals surface area contributed by atoms with Gasteiger partial charge in [-0.25, -0.2) is 0 Å². The summed E-state index contributed by atoms with van der Waals surface area (Å²) in [6.45, 7) is 6.26. The molecule has 2 bridgehead atoms. The lowest BCUT2D eigenvalue weighted by Crippen LogP contribution is -2.17. The van der Waals surface area contributed by atoms with E-state index in [1.807, 2.05) is 0 Å². The number of hydrogen-bond acceptors (Lipinski definition) is 0. The third-order valence-electron chi connectivity index (χ3n) is 3.75. The van der Waals surface area contributed by atoms with Gasteiger partial charge in [0.25, 0.3) is 0 Å². The van der Waals surface area contributed by atoms with Gasteiger partial charge < -0.3 is 0 Å². The molecule has 0 amide bonds. The Bertz CT molecular complexity index is 159. The van der Waals surface area contributed by atoms with E-state index in [0.717, 1.165) is 23.7 Å². The van der Waals surface area contributed by atoms with Crippen LogP contribution in [0, 0.1) is 23.7 Å². The molecule has 62 valence electrons. The van der Waals surface area contributed by atoms with Crippen LogP contribution in [0.15, 0.2) is 12.7 Å². The van der Waals surface area contributed by atoms with Crippen LogP contribution < -0.4 is 0 Å². The predicted molar refractivity (Wildman–Crippen MR) is 48.3 cm³/mol. The summed E-state index contributed by atoms with van der Waals surface area (Å²) in [5, 5.41) is 0. The van der Waals surface area contributed by atoms with Crippen LogP contribution >= 0.6 is 0 Å². The molecule has 0 aromatic heterocycles. The van der Waals surface area contributed by atoms with Gasteiger partial charge in [-0.3, -0.25) is 0 Å². The Balaban J connectivity index is 2.00. The highest BCUT2D eigenvalue weighted by Crippen LogP contribution is 2.52. The lowest BCUT2D eigenvalue weighted by Gasteiger charge is -2.25. The first-order valence-electron chi connectivity index (χ1n) is 4.92. The van der Waals surface area contributed by atoms with E-state index in [9.17, 15) is 0 Å². The topological polar surface area (TPSA) is 0 Å². The summed E-state index contributed by atoms with van der Waals surface area (Å²) in [6.07, 6.45) is 7.92. The van der Waals surface area contributed by atoms with Gasteiger partial charge in [-0.05, 0) is 49.4 Å². The van der Waals surface area contributed by atoms with Crippen LogP contribution in [0.5, 0.6) is 0 Å². The molecule has 0 aromatic rings. The molecule has 0 spiro atoms. The lowest BCUT2D eigenvalue weighted by atomic mass is 9.80. The molecule has 0 heteroatoms. The standard InChI is InChI=1S/C11H18/c1-3-4-10-6-9-5-8(2)11(10)7-9/h3,8-11H,1,4-7H2,2H3. The van der Waals surface area contributed by atoms with Crippen molar-refractivity contribution >= 4 is 0 Å². The van der Waals surface area contributed by atoms with Crippen molar-refractivity contribution in [3.05, 3.63) is 12.7 Å². The molecule has 2 aliphatic rings. The first-order valence-corrected chi connectivity index (χ1v) is 4.92. The molecular weight excluding hydrogens is 132 g/mol. The van der Waals surface area contributed by atoms with E-state index >= 15 is 0 Å². The highest BCUT2D eigenvalue weighted by Gasteiger charge is 2.42. The maximum atomic E-state index is 3.83. The van der Waals surface area contributed by atoms with Gasteiger partial charge in [-0.15, -0.1) is 6.58 Å². The van der Waals surface area contributed by atoms with Gasteiger partial charge in [-0.1, -0.05) is 13.0 Å². The molecule has 0 saturated heterocycles. The Morgan fingerprint density at radius 1 is 1.36 bits per heavy atom. The van der Waals surface area contributed by atoms with Crippen molar-refractivity contribution in [2.75, 3.05) is 0 Å². The zero-order valence-corrected chi connectivity index (χ0v) is 7.42. The van der Waals surface area contributed by atoms with E-state index in [2.05, 4.69) is 19.6 Å². The van der Waals surface area contributed by atoms with Crippen LogP contribution in [-0.4, -0.2) is 0 Å². The van der Waals surface area contributed by atoms with E-state index in [1.54, 1.807) is 0 Å². The molecule has 4 unspecified atom stereocenters. The third kappa shape index (κ3) is 1.13. The highest BCUT2D eigenvalue weighted by molar-refractivity contribution is 4.95. The van der Waals surface area contributed by atoms with Gasteiger partial charge in [0.1, 0.15) is 0 Å². The minimum absolute atomic E-state index is 1.00. The molecule has 11 heavy (non-hydrogen) atoms. The van der Waals surface area contributed by atoms with E-state index < -0.39 is 0 Å². The summed E-state index contributed by atoms with van der Waals surface area (Å²) in [4.78, 5) is 0. The summed E-state index contributed by atoms with van der Waals surface area (Å²) in [5.41, 5.74) is 0. The van der Waals surface area contributed by atoms with Crippen LogP contribution in [0.25, 0.3) is 0 Å². The SMILES string of the molecule is C=CCC1CC2CC(C)C1C2. The largest absolute Gasteiger partial charge is 0.103 e. The summed E-state index contributed by atoms with van der Waals surface area (Å²) >= 11 is 0. The zero-order chi connectivity index (χ0) is 7.84. The number of rotatable bonds is 2. The number of allylic oxidation sites excluding steroid dienone is 1. The average Bonchev–Trinajstić information content (AvgIpc) is 2.46. The molecule has 4 atom stereocenters. The normalized spacial score (nSPS) is 48.1. The summed E-state index contributed by atoms with van der Waals surface area (Å²) in [7, 11) is 0. The zero-order valence-electron chi connectivity index (χ0n) is 7.42. The van der Waals surface area contributed by atoms with Crippen molar-refractivity contribution in [2.24, 2.45) is 23.7 Å². The van der Waals surface area contributed by atoms with Gasteiger partial charge in [-0.2, -0.15) is 0 Å². The van der Waals surface area contributed by atoms with Gasteiger partial charge in [0, 0.05) is 0 Å². The number of fused-ring (bicyclic) bond motifs is 2. The summed E-state index contributed by atoms with van der Waals surface area (Å²) in [5.74, 6) is 4.15. The van der Waals surface area contributed by atoms with Crippen molar-refractivity contribution in [3.63, 3.8) is 0 Å². The monoisotopic (exact) mass is 150 g/mol. The average molecular weight is 150 g/mol. The molecule has 2 saturated carbocycles. The van der Waals surface area contributed by atoms with Crippen molar-refractivity contribution in [2.45, 2.75) is 32.6 Å². The fraction of sp³-hybridized carbons (Fsp3) is 0.818. The smallest absolute Gasteiger partial charge is 0.0322 e. The Morgan fingerprint density at radius 3 is 2.73 bits per heavy atom. The van der Waals surface area contributed by atoms with E-state index in [0.29, 0.717) is 0 Å². The van der Waals surface area contributed by atoms with Gasteiger partial charge in [0.15, 0.2) is 0 Å². The van der Waals surface area contributed by atoms with E-state index in [4.69, 9.17) is 0 Å². The first-order chi connectivity index (χ1) is 5.31. The highest BCUT2D eigenvalue weighted by atomic mass is 14.5. The Kier molecular flexibility index (Phi) is 1.78. The van der Waals surface area contributed by atoms with Crippen LogP contribution in [0.2, 0.25) is 0 Å². The minimum atomic E-state index is 1.00.